The van der Waals surface area contributed by atoms with Gasteiger partial charge < -0.3 is 4.18 Å². The zero-order valence-corrected chi connectivity index (χ0v) is 9.20. The van der Waals surface area contributed by atoms with Gasteiger partial charge in [0.05, 0.1) is 0 Å². The van der Waals surface area contributed by atoms with Crippen molar-refractivity contribution in [2.75, 3.05) is 6.26 Å². The Bertz CT molecular complexity index is 322. The summed E-state index contributed by atoms with van der Waals surface area (Å²) in [5.74, 6) is 0.742. The lowest BCUT2D eigenvalue weighted by molar-refractivity contribution is 0.561. The molecule has 1 unspecified atom stereocenters. The molecule has 1 aromatic carbocycles. The Balaban J connectivity index is 3.13. The summed E-state index contributed by atoms with van der Waals surface area (Å²) < 4.78 is 16.1. The molecule has 72 valence electrons. The van der Waals surface area contributed by atoms with Gasteiger partial charge in [0.25, 0.3) is 0 Å². The first-order valence-corrected chi connectivity index (χ1v) is 5.58. The van der Waals surface area contributed by atoms with Crippen LogP contribution in [0.1, 0.15) is 16.7 Å². The fourth-order valence-electron chi connectivity index (χ4n) is 1.42. The lowest BCUT2D eigenvalue weighted by Crippen LogP contribution is -2.00. The summed E-state index contributed by atoms with van der Waals surface area (Å²) in [7, 11) is 0. The van der Waals surface area contributed by atoms with Crippen LogP contribution in [-0.2, 0) is 11.1 Å². The minimum absolute atomic E-state index is 0.742. The first kappa shape index (κ1) is 10.3. The van der Waals surface area contributed by atoms with Gasteiger partial charge in [0.1, 0.15) is 5.75 Å². The Kier molecular flexibility index (Phi) is 3.09. The molecule has 0 saturated carbocycles. The summed E-state index contributed by atoms with van der Waals surface area (Å²) in [6, 6.07) is 4.05. The van der Waals surface area contributed by atoms with Gasteiger partial charge in [-0.05, 0) is 31.9 Å². The van der Waals surface area contributed by atoms with E-state index in [1.165, 1.54) is 11.8 Å². The van der Waals surface area contributed by atoms with Gasteiger partial charge in [-0.1, -0.05) is 17.7 Å². The van der Waals surface area contributed by atoms with Crippen LogP contribution >= 0.6 is 0 Å². The standard InChI is InChI=1S/C10H14O2S/c1-7-5-8(2)10(9(3)6-7)12-13(4)11/h5-6H,1-4H3. The minimum Gasteiger partial charge on any atom is -0.400 e. The fourth-order valence-corrected chi connectivity index (χ4v) is 1.91. The van der Waals surface area contributed by atoms with Crippen molar-refractivity contribution in [3.05, 3.63) is 28.8 Å². The van der Waals surface area contributed by atoms with Gasteiger partial charge in [-0.15, -0.1) is 0 Å². The quantitative estimate of drug-likeness (QED) is 0.728. The van der Waals surface area contributed by atoms with E-state index in [9.17, 15) is 4.21 Å². The average molecular weight is 198 g/mol. The molecular formula is C10H14O2S. The zero-order valence-electron chi connectivity index (χ0n) is 8.38. The zero-order chi connectivity index (χ0) is 10.0. The summed E-state index contributed by atoms with van der Waals surface area (Å²) in [6.45, 7) is 5.96. The highest BCUT2D eigenvalue weighted by atomic mass is 32.2. The monoisotopic (exact) mass is 198 g/mol. The van der Waals surface area contributed by atoms with Crippen LogP contribution in [0.2, 0.25) is 0 Å². The Morgan fingerprint density at radius 3 is 2.00 bits per heavy atom. The smallest absolute Gasteiger partial charge is 0.203 e. The second-order valence-electron chi connectivity index (χ2n) is 3.21. The Morgan fingerprint density at radius 1 is 1.15 bits per heavy atom. The molecule has 0 fully saturated rings. The molecule has 1 rings (SSSR count). The molecule has 0 amide bonds. The van der Waals surface area contributed by atoms with Crippen molar-refractivity contribution in [1.82, 2.24) is 0 Å². The van der Waals surface area contributed by atoms with E-state index in [0.717, 1.165) is 16.9 Å². The maximum absolute atomic E-state index is 10.9. The summed E-state index contributed by atoms with van der Waals surface area (Å²) in [5, 5.41) is 0. The predicted molar refractivity (Wildman–Crippen MR) is 55.3 cm³/mol. The van der Waals surface area contributed by atoms with Crippen molar-refractivity contribution in [3.63, 3.8) is 0 Å². The van der Waals surface area contributed by atoms with Crippen molar-refractivity contribution < 1.29 is 8.39 Å². The van der Waals surface area contributed by atoms with Gasteiger partial charge >= 0.3 is 0 Å². The molecule has 13 heavy (non-hydrogen) atoms. The van der Waals surface area contributed by atoms with E-state index in [1.54, 1.807) is 0 Å². The third-order valence-corrected chi connectivity index (χ3v) is 2.21. The molecular weight excluding hydrogens is 184 g/mol. The number of hydrogen-bond acceptors (Lipinski definition) is 2. The molecule has 0 aliphatic rings. The molecule has 0 saturated heterocycles. The Hall–Kier alpha value is -0.830. The van der Waals surface area contributed by atoms with Gasteiger partial charge in [-0.3, -0.25) is 0 Å². The Labute approximate surface area is 81.6 Å². The molecule has 0 aromatic heterocycles. The van der Waals surface area contributed by atoms with E-state index in [0.29, 0.717) is 0 Å². The van der Waals surface area contributed by atoms with Crippen molar-refractivity contribution in [2.45, 2.75) is 20.8 Å². The number of hydrogen-bond donors (Lipinski definition) is 0. The van der Waals surface area contributed by atoms with Crippen LogP contribution in [0.4, 0.5) is 0 Å². The van der Waals surface area contributed by atoms with Crippen LogP contribution in [-0.4, -0.2) is 10.5 Å². The first-order valence-electron chi connectivity index (χ1n) is 4.10. The molecule has 1 aromatic rings. The van der Waals surface area contributed by atoms with E-state index >= 15 is 0 Å². The van der Waals surface area contributed by atoms with Crippen molar-refractivity contribution in [3.8, 4) is 5.75 Å². The fraction of sp³-hybridized carbons (Fsp3) is 0.400. The highest BCUT2D eigenvalue weighted by Crippen LogP contribution is 2.24. The third kappa shape index (κ3) is 2.56. The summed E-state index contributed by atoms with van der Waals surface area (Å²) >= 11 is -1.24. The second-order valence-corrected chi connectivity index (χ2v) is 4.18. The Morgan fingerprint density at radius 2 is 1.62 bits per heavy atom. The SMILES string of the molecule is Cc1cc(C)c(OS(C)=O)c(C)c1. The minimum atomic E-state index is -1.24. The van der Waals surface area contributed by atoms with Crippen LogP contribution in [0.15, 0.2) is 12.1 Å². The van der Waals surface area contributed by atoms with E-state index in [-0.39, 0.29) is 0 Å². The number of rotatable bonds is 2. The molecule has 3 heteroatoms. The van der Waals surface area contributed by atoms with E-state index in [2.05, 4.69) is 0 Å². The lowest BCUT2D eigenvalue weighted by Gasteiger charge is -2.09. The first-order chi connectivity index (χ1) is 6.00. The molecule has 0 heterocycles. The molecule has 0 aliphatic carbocycles. The molecule has 0 radical (unpaired) electrons. The second kappa shape index (κ2) is 3.92. The van der Waals surface area contributed by atoms with Crippen LogP contribution in [0.5, 0.6) is 5.75 Å². The third-order valence-electron chi connectivity index (χ3n) is 1.81. The molecule has 1 atom stereocenters. The van der Waals surface area contributed by atoms with Crippen molar-refractivity contribution in [2.24, 2.45) is 0 Å². The lowest BCUT2D eigenvalue weighted by atomic mass is 10.1. The van der Waals surface area contributed by atoms with Gasteiger partial charge in [0, 0.05) is 6.26 Å². The molecule has 0 aliphatic heterocycles. The average Bonchev–Trinajstić information content (AvgIpc) is 1.96. The van der Waals surface area contributed by atoms with Crippen LogP contribution in [0, 0.1) is 20.8 Å². The van der Waals surface area contributed by atoms with Crippen molar-refractivity contribution in [1.29, 1.82) is 0 Å². The van der Waals surface area contributed by atoms with Crippen LogP contribution in [0.25, 0.3) is 0 Å². The summed E-state index contributed by atoms with van der Waals surface area (Å²) in [4.78, 5) is 0. The number of benzene rings is 1. The summed E-state index contributed by atoms with van der Waals surface area (Å²) in [5.41, 5.74) is 3.27. The largest absolute Gasteiger partial charge is 0.400 e. The predicted octanol–water partition coefficient (Wildman–Crippen LogP) is 2.28. The van der Waals surface area contributed by atoms with E-state index < -0.39 is 11.1 Å². The van der Waals surface area contributed by atoms with Gasteiger partial charge in [-0.25, -0.2) is 4.21 Å². The topological polar surface area (TPSA) is 26.3 Å². The maximum Gasteiger partial charge on any atom is 0.203 e. The maximum atomic E-state index is 10.9. The molecule has 0 N–H and O–H groups in total. The van der Waals surface area contributed by atoms with Crippen LogP contribution < -0.4 is 4.18 Å². The van der Waals surface area contributed by atoms with Gasteiger partial charge in [0.15, 0.2) is 0 Å². The van der Waals surface area contributed by atoms with Gasteiger partial charge in [-0.2, -0.15) is 0 Å². The van der Waals surface area contributed by atoms with Gasteiger partial charge in [0.2, 0.25) is 11.1 Å². The van der Waals surface area contributed by atoms with E-state index in [4.69, 9.17) is 4.18 Å². The molecule has 0 spiro atoms. The van der Waals surface area contributed by atoms with Crippen LogP contribution in [0.3, 0.4) is 0 Å². The normalized spacial score (nSPS) is 12.6. The van der Waals surface area contributed by atoms with Crippen molar-refractivity contribution >= 4 is 11.1 Å². The highest BCUT2D eigenvalue weighted by Gasteiger charge is 2.06. The molecule has 2 nitrogen and oxygen atoms in total. The number of aryl methyl sites for hydroxylation is 3. The summed E-state index contributed by atoms with van der Waals surface area (Å²) in [6.07, 6.45) is 1.53. The highest BCUT2D eigenvalue weighted by molar-refractivity contribution is 7.79. The molecule has 0 bridgehead atoms. The van der Waals surface area contributed by atoms with E-state index in [1.807, 2.05) is 32.9 Å².